The molecule has 1 aromatic rings. The van der Waals surface area contributed by atoms with Crippen LogP contribution in [-0.4, -0.2) is 41.4 Å². The average molecular weight is 394 g/mol. The lowest BCUT2D eigenvalue weighted by Gasteiger charge is -2.28. The Labute approximate surface area is 162 Å². The molecule has 1 aliphatic rings. The minimum atomic E-state index is -1.30. The number of aliphatic carboxylic acids is 1. The Morgan fingerprint density at radius 3 is 2.50 bits per heavy atom. The van der Waals surface area contributed by atoms with E-state index in [4.69, 9.17) is 21.7 Å². The number of nitrogens with zero attached hydrogens (tertiary/aromatic N) is 1. The van der Waals surface area contributed by atoms with Gasteiger partial charge in [-0.3, -0.25) is 9.69 Å². The molecule has 8 heteroatoms. The van der Waals surface area contributed by atoms with Crippen molar-refractivity contribution < 1.29 is 24.2 Å². The minimum Gasteiger partial charge on any atom is -0.548 e. The fourth-order valence-electron chi connectivity index (χ4n) is 2.60. The predicted octanol–water partition coefficient (Wildman–Crippen LogP) is 2.07. The number of hydrogen-bond acceptors (Lipinski definition) is 7. The number of carboxylic acids is 1. The first-order chi connectivity index (χ1) is 12.3. The van der Waals surface area contributed by atoms with Crippen molar-refractivity contribution >= 4 is 46.3 Å². The average Bonchev–Trinajstić information content (AvgIpc) is 2.86. The van der Waals surface area contributed by atoms with Crippen molar-refractivity contribution in [2.24, 2.45) is 5.92 Å². The minimum absolute atomic E-state index is 0.0809. The summed E-state index contributed by atoms with van der Waals surface area (Å²) < 4.78 is 10.7. The fraction of sp³-hybridized carbons (Fsp3) is 0.389. The maximum absolute atomic E-state index is 12.7. The van der Waals surface area contributed by atoms with Gasteiger partial charge in [0.2, 0.25) is 0 Å². The number of thioether (sulfide) groups is 1. The number of ether oxygens (including phenoxy) is 2. The van der Waals surface area contributed by atoms with Crippen LogP contribution in [0.25, 0.3) is 6.08 Å². The Bertz CT molecular complexity index is 760. The molecule has 1 heterocycles. The van der Waals surface area contributed by atoms with E-state index in [1.165, 1.54) is 14.2 Å². The van der Waals surface area contributed by atoms with Crippen LogP contribution in [0.2, 0.25) is 0 Å². The number of rotatable bonds is 7. The Hall–Kier alpha value is -2.06. The fourth-order valence-corrected chi connectivity index (χ4v) is 3.95. The molecule has 1 atom stereocenters. The zero-order valence-electron chi connectivity index (χ0n) is 15.0. The molecule has 0 aliphatic carbocycles. The maximum Gasteiger partial charge on any atom is 0.266 e. The van der Waals surface area contributed by atoms with Crippen LogP contribution in [0.15, 0.2) is 23.1 Å². The van der Waals surface area contributed by atoms with Crippen LogP contribution in [0.4, 0.5) is 0 Å². The highest BCUT2D eigenvalue weighted by atomic mass is 32.2. The Kier molecular flexibility index (Phi) is 6.66. The van der Waals surface area contributed by atoms with Crippen molar-refractivity contribution in [2.75, 3.05) is 14.2 Å². The molecular weight excluding hydrogens is 374 g/mol. The van der Waals surface area contributed by atoms with Crippen molar-refractivity contribution in [1.29, 1.82) is 0 Å². The Morgan fingerprint density at radius 1 is 1.31 bits per heavy atom. The molecule has 0 saturated carbocycles. The second-order valence-corrected chi connectivity index (χ2v) is 7.81. The van der Waals surface area contributed by atoms with Crippen molar-refractivity contribution in [1.82, 2.24) is 4.90 Å². The first-order valence-electron chi connectivity index (χ1n) is 7.98. The quantitative estimate of drug-likeness (QED) is 0.517. The summed E-state index contributed by atoms with van der Waals surface area (Å²) in [5.74, 6) is -0.542. The van der Waals surface area contributed by atoms with Crippen molar-refractivity contribution in [3.05, 3.63) is 28.7 Å². The summed E-state index contributed by atoms with van der Waals surface area (Å²) in [5, 5.41) is 11.5. The third-order valence-corrected chi connectivity index (χ3v) is 5.14. The van der Waals surface area contributed by atoms with Gasteiger partial charge >= 0.3 is 0 Å². The summed E-state index contributed by atoms with van der Waals surface area (Å²) in [5.41, 5.74) is 0.719. The van der Waals surface area contributed by atoms with Crippen LogP contribution in [0.1, 0.15) is 25.8 Å². The number of carbonyl (C=O) groups excluding carboxylic acids is 2. The number of methoxy groups -OCH3 is 2. The van der Waals surface area contributed by atoms with Crippen LogP contribution in [0.3, 0.4) is 0 Å². The second-order valence-electron chi connectivity index (χ2n) is 6.13. The number of thiocarbonyl (C=S) groups is 1. The maximum atomic E-state index is 12.7. The monoisotopic (exact) mass is 394 g/mol. The van der Waals surface area contributed by atoms with Crippen LogP contribution in [0.5, 0.6) is 11.5 Å². The van der Waals surface area contributed by atoms with E-state index in [2.05, 4.69) is 0 Å². The third kappa shape index (κ3) is 4.37. The first-order valence-corrected chi connectivity index (χ1v) is 9.20. The van der Waals surface area contributed by atoms with Crippen LogP contribution in [-0.2, 0) is 9.59 Å². The largest absolute Gasteiger partial charge is 0.548 e. The highest BCUT2D eigenvalue weighted by Gasteiger charge is 2.38. The van der Waals surface area contributed by atoms with E-state index in [9.17, 15) is 14.7 Å². The summed E-state index contributed by atoms with van der Waals surface area (Å²) in [4.78, 5) is 25.7. The molecule has 6 nitrogen and oxygen atoms in total. The summed E-state index contributed by atoms with van der Waals surface area (Å²) in [6.45, 7) is 3.76. The van der Waals surface area contributed by atoms with Gasteiger partial charge in [-0.15, -0.1) is 0 Å². The standard InChI is InChI=1S/C18H21NO5S2/c1-10(2)7-12(17(21)22)19-16(20)15(26-18(19)25)9-11-5-6-13(23-3)14(8-11)24-4/h5-6,8-10,12H,7H2,1-4H3,(H,21,22)/p-1/b15-9-/t12-/m0/s1. The molecule has 0 bridgehead atoms. The van der Waals surface area contributed by atoms with Gasteiger partial charge < -0.3 is 19.4 Å². The molecule has 1 aromatic carbocycles. The molecule has 1 amide bonds. The van der Waals surface area contributed by atoms with Gasteiger partial charge in [-0.1, -0.05) is 43.9 Å². The van der Waals surface area contributed by atoms with Gasteiger partial charge in [-0.2, -0.15) is 0 Å². The summed E-state index contributed by atoms with van der Waals surface area (Å²) >= 11 is 6.32. The molecule has 1 fully saturated rings. The van der Waals surface area contributed by atoms with E-state index in [0.29, 0.717) is 16.4 Å². The van der Waals surface area contributed by atoms with Gasteiger partial charge in [0.25, 0.3) is 5.91 Å². The third-order valence-electron chi connectivity index (χ3n) is 3.81. The topological polar surface area (TPSA) is 78.9 Å². The SMILES string of the molecule is COc1ccc(/C=C2\SC(=S)N([C@@H](CC(C)C)C(=O)[O-])C2=O)cc1OC. The van der Waals surface area contributed by atoms with Gasteiger partial charge in [0.15, 0.2) is 11.5 Å². The van der Waals surface area contributed by atoms with Crippen molar-refractivity contribution in [2.45, 2.75) is 26.3 Å². The van der Waals surface area contributed by atoms with E-state index in [-0.39, 0.29) is 16.7 Å². The lowest BCUT2D eigenvalue weighted by Crippen LogP contribution is -2.50. The first kappa shape index (κ1) is 20.3. The lowest BCUT2D eigenvalue weighted by atomic mass is 10.0. The normalized spacial score (nSPS) is 17.1. The van der Waals surface area contributed by atoms with Gasteiger partial charge in [0, 0.05) is 0 Å². The van der Waals surface area contributed by atoms with E-state index < -0.39 is 17.9 Å². The van der Waals surface area contributed by atoms with E-state index in [1.54, 1.807) is 24.3 Å². The molecule has 140 valence electrons. The van der Waals surface area contributed by atoms with Crippen LogP contribution < -0.4 is 14.6 Å². The number of carbonyl (C=O) groups is 2. The van der Waals surface area contributed by atoms with E-state index in [1.807, 2.05) is 13.8 Å². The number of amides is 1. The zero-order valence-corrected chi connectivity index (χ0v) is 16.6. The summed E-state index contributed by atoms with van der Waals surface area (Å²) in [6.07, 6.45) is 1.93. The summed E-state index contributed by atoms with van der Waals surface area (Å²) in [6, 6.07) is 4.17. The molecule has 1 saturated heterocycles. The van der Waals surface area contributed by atoms with E-state index >= 15 is 0 Å². The molecule has 0 spiro atoms. The smallest absolute Gasteiger partial charge is 0.266 e. The molecule has 26 heavy (non-hydrogen) atoms. The van der Waals surface area contributed by atoms with Crippen molar-refractivity contribution in [3.63, 3.8) is 0 Å². The molecule has 0 aromatic heterocycles. The molecule has 2 rings (SSSR count). The molecular formula is C18H20NO5S2-. The number of hydrogen-bond donors (Lipinski definition) is 0. The molecule has 1 aliphatic heterocycles. The van der Waals surface area contributed by atoms with Gasteiger partial charge in [0.1, 0.15) is 4.32 Å². The van der Waals surface area contributed by atoms with Crippen LogP contribution >= 0.6 is 24.0 Å². The van der Waals surface area contributed by atoms with E-state index in [0.717, 1.165) is 22.2 Å². The van der Waals surface area contributed by atoms with Gasteiger partial charge in [0.05, 0.1) is 31.1 Å². The predicted molar refractivity (Wildman–Crippen MR) is 103 cm³/mol. The number of carboxylic acid groups (broad SMARTS) is 1. The molecule has 0 N–H and O–H groups in total. The van der Waals surface area contributed by atoms with Crippen LogP contribution in [0, 0.1) is 5.92 Å². The molecule has 0 radical (unpaired) electrons. The highest BCUT2D eigenvalue weighted by Crippen LogP contribution is 2.36. The molecule has 0 unspecified atom stereocenters. The Balaban J connectivity index is 2.32. The number of benzene rings is 1. The Morgan fingerprint density at radius 2 is 1.96 bits per heavy atom. The summed E-state index contributed by atoms with van der Waals surface area (Å²) in [7, 11) is 3.06. The van der Waals surface area contributed by atoms with Gasteiger partial charge in [-0.05, 0) is 36.1 Å². The highest BCUT2D eigenvalue weighted by molar-refractivity contribution is 8.26. The zero-order chi connectivity index (χ0) is 19.4. The van der Waals surface area contributed by atoms with Crippen molar-refractivity contribution in [3.8, 4) is 11.5 Å². The second kappa shape index (κ2) is 8.55. The van der Waals surface area contributed by atoms with Gasteiger partial charge in [-0.25, -0.2) is 0 Å². The lowest BCUT2D eigenvalue weighted by molar-refractivity contribution is -0.310.